The molecule has 2 unspecified atom stereocenters. The van der Waals surface area contributed by atoms with Crippen molar-refractivity contribution in [2.75, 3.05) is 20.2 Å². The molecule has 0 radical (unpaired) electrons. The highest BCUT2D eigenvalue weighted by Gasteiger charge is 2.33. The molecule has 21 heavy (non-hydrogen) atoms. The van der Waals surface area contributed by atoms with Crippen LogP contribution in [0.15, 0.2) is 0 Å². The minimum Gasteiger partial charge on any atom is -0.394 e. The maximum atomic E-state index is 9.74. The van der Waals surface area contributed by atoms with E-state index in [2.05, 4.69) is 51.9 Å². The van der Waals surface area contributed by atoms with Crippen LogP contribution in [-0.4, -0.2) is 47.8 Å². The summed E-state index contributed by atoms with van der Waals surface area (Å²) in [7, 11) is 2.27. The average Bonchev–Trinajstić information content (AvgIpc) is 2.44. The maximum absolute atomic E-state index is 9.74. The van der Waals surface area contributed by atoms with Gasteiger partial charge in [0.05, 0.1) is 6.61 Å². The standard InChI is InChI=1S/C18H38N2O/c1-7-12-19-18(5,14-21)13-15(2)20(6)16-8-10-17(3,4)11-9-16/h15-16,19,21H,7-14H2,1-6H3. The monoisotopic (exact) mass is 298 g/mol. The summed E-state index contributed by atoms with van der Waals surface area (Å²) in [5.41, 5.74) is 0.375. The zero-order chi connectivity index (χ0) is 16.1. The van der Waals surface area contributed by atoms with E-state index in [1.807, 2.05) is 0 Å². The second kappa shape index (κ2) is 7.94. The summed E-state index contributed by atoms with van der Waals surface area (Å²) in [4.78, 5) is 2.55. The first-order valence-electron chi connectivity index (χ1n) is 8.81. The Kier molecular flexibility index (Phi) is 7.15. The van der Waals surface area contributed by atoms with Gasteiger partial charge in [0, 0.05) is 17.6 Å². The average molecular weight is 299 g/mol. The Hall–Kier alpha value is -0.120. The molecule has 0 saturated heterocycles. The van der Waals surface area contributed by atoms with Crippen molar-refractivity contribution in [1.29, 1.82) is 0 Å². The zero-order valence-electron chi connectivity index (χ0n) is 15.2. The molecule has 0 aromatic heterocycles. The van der Waals surface area contributed by atoms with Gasteiger partial charge in [0.1, 0.15) is 0 Å². The van der Waals surface area contributed by atoms with Gasteiger partial charge in [-0.05, 0) is 71.4 Å². The molecule has 3 nitrogen and oxygen atoms in total. The number of aliphatic hydroxyl groups is 1. The molecule has 0 spiro atoms. The van der Waals surface area contributed by atoms with Gasteiger partial charge in [0.25, 0.3) is 0 Å². The van der Waals surface area contributed by atoms with Crippen molar-refractivity contribution in [2.45, 2.75) is 90.8 Å². The summed E-state index contributed by atoms with van der Waals surface area (Å²) in [5.74, 6) is 0. The third kappa shape index (κ3) is 5.88. The molecule has 0 aromatic carbocycles. The fraction of sp³-hybridized carbons (Fsp3) is 1.00. The molecule has 126 valence electrons. The van der Waals surface area contributed by atoms with Crippen LogP contribution in [0, 0.1) is 5.41 Å². The summed E-state index contributed by atoms with van der Waals surface area (Å²) >= 11 is 0. The Morgan fingerprint density at radius 3 is 2.38 bits per heavy atom. The normalized spacial score (nSPS) is 24.0. The van der Waals surface area contributed by atoms with Crippen LogP contribution in [0.5, 0.6) is 0 Å². The lowest BCUT2D eigenvalue weighted by molar-refractivity contribution is 0.0712. The van der Waals surface area contributed by atoms with E-state index in [1.54, 1.807) is 0 Å². The Morgan fingerprint density at radius 1 is 1.33 bits per heavy atom. The van der Waals surface area contributed by atoms with Gasteiger partial charge in [-0.25, -0.2) is 0 Å². The predicted molar refractivity (Wildman–Crippen MR) is 91.7 cm³/mol. The summed E-state index contributed by atoms with van der Waals surface area (Å²) in [6, 6.07) is 1.21. The number of hydrogen-bond acceptors (Lipinski definition) is 3. The van der Waals surface area contributed by atoms with E-state index in [-0.39, 0.29) is 12.1 Å². The SMILES string of the molecule is CCCNC(C)(CO)CC(C)N(C)C1CCC(C)(C)CC1. The molecular weight excluding hydrogens is 260 g/mol. The van der Waals surface area contributed by atoms with Gasteiger partial charge >= 0.3 is 0 Å². The van der Waals surface area contributed by atoms with E-state index >= 15 is 0 Å². The molecule has 1 aliphatic carbocycles. The van der Waals surface area contributed by atoms with Gasteiger partial charge in [-0.15, -0.1) is 0 Å². The lowest BCUT2D eigenvalue weighted by Gasteiger charge is -2.43. The first-order valence-corrected chi connectivity index (χ1v) is 8.81. The molecule has 0 aromatic rings. The van der Waals surface area contributed by atoms with E-state index in [9.17, 15) is 5.11 Å². The van der Waals surface area contributed by atoms with Gasteiger partial charge in [0.15, 0.2) is 0 Å². The number of nitrogens with one attached hydrogen (secondary N) is 1. The van der Waals surface area contributed by atoms with Crippen molar-refractivity contribution < 1.29 is 5.11 Å². The lowest BCUT2D eigenvalue weighted by Crippen LogP contribution is -2.52. The minimum absolute atomic E-state index is 0.155. The Morgan fingerprint density at radius 2 is 1.90 bits per heavy atom. The molecule has 0 heterocycles. The molecule has 1 fully saturated rings. The fourth-order valence-corrected chi connectivity index (χ4v) is 3.57. The number of aliphatic hydroxyl groups excluding tert-OH is 1. The van der Waals surface area contributed by atoms with Crippen LogP contribution in [0.2, 0.25) is 0 Å². The van der Waals surface area contributed by atoms with E-state index in [4.69, 9.17) is 0 Å². The largest absolute Gasteiger partial charge is 0.394 e. The first-order chi connectivity index (χ1) is 9.73. The lowest BCUT2D eigenvalue weighted by atomic mass is 9.75. The molecule has 0 amide bonds. The van der Waals surface area contributed by atoms with Crippen molar-refractivity contribution in [3.8, 4) is 0 Å². The van der Waals surface area contributed by atoms with E-state index in [0.29, 0.717) is 17.5 Å². The predicted octanol–water partition coefficient (Wildman–Crippen LogP) is 3.42. The highest BCUT2D eigenvalue weighted by Crippen LogP contribution is 2.37. The third-order valence-corrected chi connectivity index (χ3v) is 5.48. The molecule has 0 bridgehead atoms. The molecule has 3 heteroatoms. The van der Waals surface area contributed by atoms with Crippen LogP contribution in [0.3, 0.4) is 0 Å². The minimum atomic E-state index is -0.155. The van der Waals surface area contributed by atoms with Crippen molar-refractivity contribution in [2.24, 2.45) is 5.41 Å². The summed E-state index contributed by atoms with van der Waals surface area (Å²) < 4.78 is 0. The quantitative estimate of drug-likeness (QED) is 0.721. The smallest absolute Gasteiger partial charge is 0.0611 e. The van der Waals surface area contributed by atoms with Crippen LogP contribution in [0.25, 0.3) is 0 Å². The van der Waals surface area contributed by atoms with Gasteiger partial charge in [-0.1, -0.05) is 20.8 Å². The molecule has 1 rings (SSSR count). The summed E-state index contributed by atoms with van der Waals surface area (Å²) in [5, 5.41) is 13.3. The highest BCUT2D eigenvalue weighted by molar-refractivity contribution is 4.90. The molecule has 2 atom stereocenters. The fourth-order valence-electron chi connectivity index (χ4n) is 3.57. The summed E-state index contributed by atoms with van der Waals surface area (Å²) in [6.07, 6.45) is 7.40. The Bertz CT molecular complexity index is 296. The molecular formula is C18H38N2O. The van der Waals surface area contributed by atoms with Crippen LogP contribution < -0.4 is 5.32 Å². The summed E-state index contributed by atoms with van der Waals surface area (Å²) in [6.45, 7) is 12.6. The van der Waals surface area contributed by atoms with Crippen LogP contribution in [0.4, 0.5) is 0 Å². The molecule has 2 N–H and O–H groups in total. The zero-order valence-corrected chi connectivity index (χ0v) is 15.2. The highest BCUT2D eigenvalue weighted by atomic mass is 16.3. The third-order valence-electron chi connectivity index (χ3n) is 5.48. The molecule has 1 saturated carbocycles. The second-order valence-electron chi connectivity index (χ2n) is 8.26. The van der Waals surface area contributed by atoms with Crippen molar-refractivity contribution in [3.63, 3.8) is 0 Å². The Labute approximate surface area is 132 Å². The van der Waals surface area contributed by atoms with Gasteiger partial charge in [-0.3, -0.25) is 0 Å². The van der Waals surface area contributed by atoms with E-state index in [1.165, 1.54) is 25.7 Å². The van der Waals surface area contributed by atoms with Crippen LogP contribution >= 0.6 is 0 Å². The van der Waals surface area contributed by atoms with E-state index < -0.39 is 0 Å². The maximum Gasteiger partial charge on any atom is 0.0611 e. The van der Waals surface area contributed by atoms with Crippen LogP contribution in [0.1, 0.15) is 73.1 Å². The first kappa shape index (κ1) is 18.9. The molecule has 1 aliphatic rings. The molecule has 0 aliphatic heterocycles. The topological polar surface area (TPSA) is 35.5 Å². The second-order valence-corrected chi connectivity index (χ2v) is 8.26. The van der Waals surface area contributed by atoms with Gasteiger partial charge in [-0.2, -0.15) is 0 Å². The van der Waals surface area contributed by atoms with Gasteiger partial charge < -0.3 is 15.3 Å². The van der Waals surface area contributed by atoms with Crippen LogP contribution in [-0.2, 0) is 0 Å². The van der Waals surface area contributed by atoms with E-state index in [0.717, 1.165) is 19.4 Å². The number of rotatable bonds is 8. The van der Waals surface area contributed by atoms with Gasteiger partial charge in [0.2, 0.25) is 0 Å². The van der Waals surface area contributed by atoms with Crippen molar-refractivity contribution in [3.05, 3.63) is 0 Å². The Balaban J connectivity index is 2.51. The number of hydrogen-bond donors (Lipinski definition) is 2. The van der Waals surface area contributed by atoms with Crippen molar-refractivity contribution >= 4 is 0 Å². The number of nitrogens with zero attached hydrogens (tertiary/aromatic N) is 1. The van der Waals surface area contributed by atoms with Crippen molar-refractivity contribution in [1.82, 2.24) is 10.2 Å².